The molecule has 0 spiro atoms. The van der Waals surface area contributed by atoms with Crippen LogP contribution in [0, 0.1) is 5.92 Å². The van der Waals surface area contributed by atoms with Crippen LogP contribution in [0.5, 0.6) is 0 Å². The molecule has 0 aliphatic heterocycles. The first-order valence-electron chi connectivity index (χ1n) is 5.97. The minimum absolute atomic E-state index is 0.166. The lowest BCUT2D eigenvalue weighted by atomic mass is 9.85. The molecule has 1 aliphatic carbocycles. The molecular weight excluding hydrogens is 194 g/mol. The molecule has 82 valence electrons. The van der Waals surface area contributed by atoms with Gasteiger partial charge in [0.1, 0.15) is 0 Å². The molecule has 2 aromatic rings. The molecule has 1 unspecified atom stereocenters. The largest absolute Gasteiger partial charge is 0.321 e. The van der Waals surface area contributed by atoms with Crippen molar-refractivity contribution in [2.45, 2.75) is 25.3 Å². The molecule has 0 saturated heterocycles. The normalized spacial score (nSPS) is 19.6. The van der Waals surface area contributed by atoms with Crippen molar-refractivity contribution in [3.8, 4) is 0 Å². The number of benzene rings is 2. The van der Waals surface area contributed by atoms with E-state index in [0.29, 0.717) is 5.92 Å². The van der Waals surface area contributed by atoms with Gasteiger partial charge < -0.3 is 5.73 Å². The Morgan fingerprint density at radius 2 is 1.75 bits per heavy atom. The first-order valence-corrected chi connectivity index (χ1v) is 5.97. The van der Waals surface area contributed by atoms with E-state index in [4.69, 9.17) is 5.73 Å². The first-order chi connectivity index (χ1) is 7.69. The van der Waals surface area contributed by atoms with Crippen molar-refractivity contribution in [1.82, 2.24) is 0 Å². The highest BCUT2D eigenvalue weighted by Crippen LogP contribution is 2.45. The number of fused-ring (bicyclic) bond motifs is 1. The summed E-state index contributed by atoms with van der Waals surface area (Å²) in [5.41, 5.74) is 7.64. The van der Waals surface area contributed by atoms with Gasteiger partial charge in [0.25, 0.3) is 0 Å². The van der Waals surface area contributed by atoms with Crippen molar-refractivity contribution in [2.24, 2.45) is 11.7 Å². The maximum absolute atomic E-state index is 6.51. The smallest absolute Gasteiger partial charge is 0.0415 e. The van der Waals surface area contributed by atoms with Gasteiger partial charge in [-0.05, 0) is 42.0 Å². The summed E-state index contributed by atoms with van der Waals surface area (Å²) < 4.78 is 0. The van der Waals surface area contributed by atoms with Crippen LogP contribution in [0.3, 0.4) is 0 Å². The summed E-state index contributed by atoms with van der Waals surface area (Å²) in [6.45, 7) is 2.17. The van der Waals surface area contributed by atoms with Crippen molar-refractivity contribution < 1.29 is 0 Å². The lowest BCUT2D eigenvalue weighted by Crippen LogP contribution is -2.35. The second-order valence-electron chi connectivity index (χ2n) is 5.08. The summed E-state index contributed by atoms with van der Waals surface area (Å²) in [5.74, 6) is 0.665. The van der Waals surface area contributed by atoms with Gasteiger partial charge in [-0.15, -0.1) is 0 Å². The standard InChI is InChI=1S/C15H17N/c1-15(16,12-9-10-12)14-8-4-6-11-5-2-3-7-13(11)14/h2-8,12H,9-10,16H2,1H3. The average Bonchev–Trinajstić information content (AvgIpc) is 3.12. The minimum Gasteiger partial charge on any atom is -0.321 e. The SMILES string of the molecule is CC(N)(c1cccc2ccccc12)C1CC1. The van der Waals surface area contributed by atoms with Gasteiger partial charge in [0.05, 0.1) is 0 Å². The first kappa shape index (κ1) is 9.86. The fourth-order valence-electron chi connectivity index (χ4n) is 2.60. The second-order valence-corrected chi connectivity index (χ2v) is 5.08. The zero-order chi connectivity index (χ0) is 11.2. The van der Waals surface area contributed by atoms with E-state index >= 15 is 0 Å². The number of rotatable bonds is 2. The van der Waals surface area contributed by atoms with E-state index in [2.05, 4.69) is 49.4 Å². The third-order valence-corrected chi connectivity index (χ3v) is 3.80. The molecule has 1 saturated carbocycles. The molecule has 1 atom stereocenters. The lowest BCUT2D eigenvalue weighted by molar-refractivity contribution is 0.431. The molecule has 0 bridgehead atoms. The number of hydrogen-bond donors (Lipinski definition) is 1. The van der Waals surface area contributed by atoms with Crippen LogP contribution in [0.25, 0.3) is 10.8 Å². The van der Waals surface area contributed by atoms with Crippen molar-refractivity contribution in [1.29, 1.82) is 0 Å². The molecule has 1 nitrogen and oxygen atoms in total. The lowest BCUT2D eigenvalue weighted by Gasteiger charge is -2.26. The van der Waals surface area contributed by atoms with E-state index in [1.807, 2.05) is 0 Å². The fraction of sp³-hybridized carbons (Fsp3) is 0.333. The van der Waals surface area contributed by atoms with E-state index in [1.165, 1.54) is 29.2 Å². The summed E-state index contributed by atoms with van der Waals surface area (Å²) in [6.07, 6.45) is 2.55. The van der Waals surface area contributed by atoms with Gasteiger partial charge in [0, 0.05) is 5.54 Å². The van der Waals surface area contributed by atoms with Crippen LogP contribution in [0.1, 0.15) is 25.3 Å². The van der Waals surface area contributed by atoms with E-state index in [0.717, 1.165) is 0 Å². The van der Waals surface area contributed by atoms with Crippen LogP contribution in [0.2, 0.25) is 0 Å². The van der Waals surface area contributed by atoms with Crippen molar-refractivity contribution in [3.05, 3.63) is 48.0 Å². The van der Waals surface area contributed by atoms with Crippen molar-refractivity contribution in [2.75, 3.05) is 0 Å². The monoisotopic (exact) mass is 211 g/mol. The van der Waals surface area contributed by atoms with E-state index in [1.54, 1.807) is 0 Å². The predicted octanol–water partition coefficient (Wildman–Crippen LogP) is 3.42. The van der Waals surface area contributed by atoms with Crippen LogP contribution in [-0.4, -0.2) is 0 Å². The molecule has 3 rings (SSSR count). The molecule has 0 aromatic heterocycles. The molecule has 1 fully saturated rings. The van der Waals surface area contributed by atoms with Crippen LogP contribution in [0.15, 0.2) is 42.5 Å². The summed E-state index contributed by atoms with van der Waals surface area (Å²) in [5, 5.41) is 2.60. The summed E-state index contributed by atoms with van der Waals surface area (Å²) in [6, 6.07) is 15.0. The van der Waals surface area contributed by atoms with Crippen molar-refractivity contribution >= 4 is 10.8 Å². The topological polar surface area (TPSA) is 26.0 Å². The summed E-state index contributed by atoms with van der Waals surface area (Å²) >= 11 is 0. The van der Waals surface area contributed by atoms with E-state index in [-0.39, 0.29) is 5.54 Å². The Kier molecular flexibility index (Phi) is 2.05. The highest BCUT2D eigenvalue weighted by Gasteiger charge is 2.40. The Morgan fingerprint density at radius 1 is 1.06 bits per heavy atom. The molecule has 0 amide bonds. The third kappa shape index (κ3) is 1.43. The number of nitrogens with two attached hydrogens (primary N) is 1. The zero-order valence-corrected chi connectivity index (χ0v) is 9.61. The molecule has 1 aliphatic rings. The minimum atomic E-state index is -0.166. The van der Waals surface area contributed by atoms with Crippen LogP contribution < -0.4 is 5.73 Å². The van der Waals surface area contributed by atoms with Gasteiger partial charge in [-0.25, -0.2) is 0 Å². The van der Waals surface area contributed by atoms with E-state index in [9.17, 15) is 0 Å². The predicted molar refractivity (Wildman–Crippen MR) is 68.2 cm³/mol. The second kappa shape index (κ2) is 3.33. The quantitative estimate of drug-likeness (QED) is 0.809. The maximum Gasteiger partial charge on any atom is 0.0415 e. The van der Waals surface area contributed by atoms with Gasteiger partial charge in [0.2, 0.25) is 0 Å². The Morgan fingerprint density at radius 3 is 2.50 bits per heavy atom. The Balaban J connectivity index is 2.23. The molecular formula is C15H17N. The molecule has 16 heavy (non-hydrogen) atoms. The highest BCUT2D eigenvalue weighted by molar-refractivity contribution is 5.86. The van der Waals surface area contributed by atoms with Crippen LogP contribution >= 0.6 is 0 Å². The van der Waals surface area contributed by atoms with Gasteiger partial charge in [-0.3, -0.25) is 0 Å². The summed E-state index contributed by atoms with van der Waals surface area (Å²) in [7, 11) is 0. The Hall–Kier alpha value is -1.34. The average molecular weight is 211 g/mol. The van der Waals surface area contributed by atoms with Crippen molar-refractivity contribution in [3.63, 3.8) is 0 Å². The highest BCUT2D eigenvalue weighted by atomic mass is 14.8. The molecule has 2 N–H and O–H groups in total. The zero-order valence-electron chi connectivity index (χ0n) is 9.61. The van der Waals surface area contributed by atoms with Crippen LogP contribution in [-0.2, 0) is 5.54 Å². The molecule has 0 radical (unpaired) electrons. The van der Waals surface area contributed by atoms with Gasteiger partial charge in [-0.1, -0.05) is 42.5 Å². The third-order valence-electron chi connectivity index (χ3n) is 3.80. The van der Waals surface area contributed by atoms with Gasteiger partial charge >= 0.3 is 0 Å². The molecule has 1 heteroatoms. The van der Waals surface area contributed by atoms with Gasteiger partial charge in [0.15, 0.2) is 0 Å². The summed E-state index contributed by atoms with van der Waals surface area (Å²) in [4.78, 5) is 0. The molecule has 2 aromatic carbocycles. The maximum atomic E-state index is 6.51. The Labute approximate surface area is 96.3 Å². The van der Waals surface area contributed by atoms with Gasteiger partial charge in [-0.2, -0.15) is 0 Å². The number of hydrogen-bond acceptors (Lipinski definition) is 1. The Bertz CT molecular complexity index is 518. The molecule has 0 heterocycles. The van der Waals surface area contributed by atoms with Crippen LogP contribution in [0.4, 0.5) is 0 Å². The van der Waals surface area contributed by atoms with E-state index < -0.39 is 0 Å². The fourth-order valence-corrected chi connectivity index (χ4v) is 2.60.